The molecule has 0 bridgehead atoms. The molecule has 240 valence electrons. The van der Waals surface area contributed by atoms with Crippen LogP contribution in [0.3, 0.4) is 0 Å². The number of nitrogens with zero attached hydrogens (tertiary/aromatic N) is 4. The molecule has 0 aliphatic carbocycles. The smallest absolute Gasteiger partial charge is 0.315 e. The second-order valence-electron chi connectivity index (χ2n) is 11.7. The lowest BCUT2D eigenvalue weighted by Gasteiger charge is -2.40. The summed E-state index contributed by atoms with van der Waals surface area (Å²) in [5.74, 6) is 0.780. The number of carbonyl (C=O) groups excluding carboxylic acids is 1. The second kappa shape index (κ2) is 15.3. The van der Waals surface area contributed by atoms with Gasteiger partial charge in [-0.2, -0.15) is 0 Å². The number of aromatic nitrogens is 2. The van der Waals surface area contributed by atoms with Crippen LogP contribution in [-0.4, -0.2) is 71.4 Å². The fourth-order valence-electron chi connectivity index (χ4n) is 6.00. The van der Waals surface area contributed by atoms with E-state index in [1.54, 1.807) is 12.4 Å². The molecule has 0 radical (unpaired) electrons. The minimum Gasteiger partial charge on any atom is -0.392 e. The molecule has 1 aromatic heterocycles. The Labute approximate surface area is 270 Å². The van der Waals surface area contributed by atoms with Gasteiger partial charge in [0.05, 0.1) is 18.8 Å². The Morgan fingerprint density at radius 3 is 2.30 bits per heavy atom. The number of benzene rings is 3. The third-order valence-corrected chi connectivity index (χ3v) is 8.52. The van der Waals surface area contributed by atoms with Crippen LogP contribution >= 0.6 is 0 Å². The van der Waals surface area contributed by atoms with Gasteiger partial charge in [-0.3, -0.25) is 4.90 Å². The molecule has 0 unspecified atom stereocenters. The Balaban J connectivity index is 1.14. The zero-order valence-corrected chi connectivity index (χ0v) is 26.2. The van der Waals surface area contributed by atoms with Crippen LogP contribution in [0.4, 0.5) is 10.7 Å². The molecule has 2 amide bonds. The molecule has 0 saturated carbocycles. The van der Waals surface area contributed by atoms with Gasteiger partial charge in [-0.15, -0.1) is 0 Å². The van der Waals surface area contributed by atoms with Crippen molar-refractivity contribution in [1.82, 2.24) is 25.5 Å². The lowest BCUT2D eigenvalue weighted by molar-refractivity contribution is -0.253. The zero-order chi connectivity index (χ0) is 31.7. The summed E-state index contributed by atoms with van der Waals surface area (Å²) in [6.45, 7) is 7.32. The first-order valence-corrected chi connectivity index (χ1v) is 16.0. The van der Waals surface area contributed by atoms with Crippen LogP contribution in [-0.2, 0) is 22.6 Å². The number of hydrogen-bond acceptors (Lipinski definition) is 8. The SMILES string of the molecule is CCNC(=O)NCc1cccc(-c2ccc([C@H]3O[C@@H](CN4CCN(c5ncccn5)CC4)C[C@@H](c4ccc(CO)cc4)O3)cc2)c1. The number of aliphatic hydroxyl groups excluding tert-OH is 1. The zero-order valence-electron chi connectivity index (χ0n) is 26.2. The van der Waals surface area contributed by atoms with E-state index in [0.717, 1.165) is 78.5 Å². The summed E-state index contributed by atoms with van der Waals surface area (Å²) >= 11 is 0. The van der Waals surface area contributed by atoms with Gasteiger partial charge in [0.1, 0.15) is 0 Å². The van der Waals surface area contributed by atoms with Gasteiger partial charge in [0.15, 0.2) is 6.29 Å². The molecule has 3 N–H and O–H groups in total. The Bertz CT molecular complexity index is 1550. The third kappa shape index (κ3) is 8.07. The van der Waals surface area contributed by atoms with Crippen LogP contribution in [0.25, 0.3) is 11.1 Å². The molecule has 0 spiro atoms. The van der Waals surface area contributed by atoms with Gasteiger partial charge in [0.25, 0.3) is 0 Å². The molecule has 3 atom stereocenters. The Hall–Kier alpha value is -4.35. The molecule has 6 rings (SSSR count). The summed E-state index contributed by atoms with van der Waals surface area (Å²) in [6.07, 6.45) is 3.65. The van der Waals surface area contributed by atoms with Crippen molar-refractivity contribution in [3.8, 4) is 11.1 Å². The van der Waals surface area contributed by atoms with E-state index in [-0.39, 0.29) is 24.8 Å². The van der Waals surface area contributed by atoms with Crippen molar-refractivity contribution >= 4 is 12.0 Å². The highest BCUT2D eigenvalue weighted by Gasteiger charge is 2.34. The average molecular weight is 623 g/mol. The first-order chi connectivity index (χ1) is 22.6. The number of amides is 2. The number of aliphatic hydroxyl groups is 1. The fourth-order valence-corrected chi connectivity index (χ4v) is 6.00. The highest BCUT2D eigenvalue weighted by atomic mass is 16.7. The van der Waals surface area contributed by atoms with Crippen molar-refractivity contribution in [2.24, 2.45) is 0 Å². The van der Waals surface area contributed by atoms with Crippen molar-refractivity contribution < 1.29 is 19.4 Å². The van der Waals surface area contributed by atoms with E-state index in [2.05, 4.69) is 66.8 Å². The van der Waals surface area contributed by atoms with Crippen molar-refractivity contribution in [3.05, 3.63) is 114 Å². The molecule has 10 heteroatoms. The predicted molar refractivity (Wildman–Crippen MR) is 177 cm³/mol. The van der Waals surface area contributed by atoms with E-state index < -0.39 is 6.29 Å². The number of nitrogens with one attached hydrogen (secondary N) is 2. The van der Waals surface area contributed by atoms with E-state index in [4.69, 9.17) is 9.47 Å². The largest absolute Gasteiger partial charge is 0.392 e. The number of carbonyl (C=O) groups is 1. The standard InChI is InChI=1S/C36H42N6O4/c1-2-37-36(44)40-23-27-5-3-6-31(21-27)28-11-13-30(14-12-28)34-45-32(22-33(46-34)29-9-7-26(25-43)8-10-29)24-41-17-19-42(20-18-41)35-38-15-4-16-39-35/h3-16,21,32-34,43H,2,17-20,22-25H2,1H3,(H2,37,40,44)/t32-,33+,34+/m1/s1. The van der Waals surface area contributed by atoms with Crippen LogP contribution in [0, 0.1) is 0 Å². The minimum atomic E-state index is -0.512. The molecule has 4 aromatic rings. The Morgan fingerprint density at radius 1 is 0.848 bits per heavy atom. The van der Waals surface area contributed by atoms with Gasteiger partial charge >= 0.3 is 6.03 Å². The predicted octanol–water partition coefficient (Wildman–Crippen LogP) is 4.82. The first-order valence-electron chi connectivity index (χ1n) is 16.0. The van der Waals surface area contributed by atoms with Crippen LogP contribution in [0.2, 0.25) is 0 Å². The molecular formula is C36H42N6O4. The lowest BCUT2D eigenvalue weighted by atomic mass is 9.99. The summed E-state index contributed by atoms with van der Waals surface area (Å²) in [4.78, 5) is 25.3. The molecular weight excluding hydrogens is 580 g/mol. The first kappa shape index (κ1) is 31.6. The van der Waals surface area contributed by atoms with Crippen LogP contribution in [0.5, 0.6) is 0 Å². The van der Waals surface area contributed by atoms with E-state index in [9.17, 15) is 9.90 Å². The highest BCUT2D eigenvalue weighted by Crippen LogP contribution is 2.38. The molecule has 2 aliphatic heterocycles. The normalized spacial score (nSPS) is 20.3. The van der Waals surface area contributed by atoms with Gasteiger partial charge in [0, 0.05) is 70.2 Å². The Morgan fingerprint density at radius 2 is 1.59 bits per heavy atom. The van der Waals surface area contributed by atoms with Crippen molar-refractivity contribution in [3.63, 3.8) is 0 Å². The summed E-state index contributed by atoms with van der Waals surface area (Å²) in [5.41, 5.74) is 6.10. The fraction of sp³-hybridized carbons (Fsp3) is 0.361. The van der Waals surface area contributed by atoms with Crippen molar-refractivity contribution in [2.75, 3.05) is 44.2 Å². The van der Waals surface area contributed by atoms with Gasteiger partial charge < -0.3 is 30.1 Å². The van der Waals surface area contributed by atoms with E-state index in [0.29, 0.717) is 13.1 Å². The average Bonchev–Trinajstić information content (AvgIpc) is 3.12. The van der Waals surface area contributed by atoms with E-state index >= 15 is 0 Å². The van der Waals surface area contributed by atoms with Crippen LogP contribution in [0.15, 0.2) is 91.3 Å². The summed E-state index contributed by atoms with van der Waals surface area (Å²) < 4.78 is 13.2. The number of rotatable bonds is 10. The number of ether oxygens (including phenoxy) is 2. The highest BCUT2D eigenvalue weighted by molar-refractivity contribution is 5.73. The molecule has 3 heterocycles. The van der Waals surface area contributed by atoms with Gasteiger partial charge in [0.2, 0.25) is 5.95 Å². The number of hydrogen-bond donors (Lipinski definition) is 3. The third-order valence-electron chi connectivity index (χ3n) is 8.52. The number of anilines is 1. The minimum absolute atomic E-state index is 0.0140. The van der Waals surface area contributed by atoms with Gasteiger partial charge in [-0.05, 0) is 46.9 Å². The lowest BCUT2D eigenvalue weighted by Crippen LogP contribution is -2.50. The second-order valence-corrected chi connectivity index (χ2v) is 11.7. The van der Waals surface area contributed by atoms with Gasteiger partial charge in [-0.1, -0.05) is 66.7 Å². The molecule has 10 nitrogen and oxygen atoms in total. The summed E-state index contributed by atoms with van der Waals surface area (Å²) in [5, 5.41) is 15.2. The van der Waals surface area contributed by atoms with E-state index in [1.165, 1.54) is 0 Å². The van der Waals surface area contributed by atoms with E-state index in [1.807, 2.05) is 49.4 Å². The quantitative estimate of drug-likeness (QED) is 0.231. The topological polar surface area (TPSA) is 112 Å². The van der Waals surface area contributed by atoms with Crippen molar-refractivity contribution in [1.29, 1.82) is 0 Å². The molecule has 2 saturated heterocycles. The molecule has 2 fully saturated rings. The number of urea groups is 1. The van der Waals surface area contributed by atoms with Crippen LogP contribution in [0.1, 0.15) is 48.0 Å². The van der Waals surface area contributed by atoms with Crippen LogP contribution < -0.4 is 15.5 Å². The maximum absolute atomic E-state index is 11.8. The maximum atomic E-state index is 11.8. The van der Waals surface area contributed by atoms with Gasteiger partial charge in [-0.25, -0.2) is 14.8 Å². The molecule has 46 heavy (non-hydrogen) atoms. The Kier molecular flexibility index (Phi) is 10.5. The molecule has 3 aromatic carbocycles. The number of piperazine rings is 1. The maximum Gasteiger partial charge on any atom is 0.315 e. The summed E-state index contributed by atoms with van der Waals surface area (Å²) in [7, 11) is 0. The molecule has 2 aliphatic rings. The monoisotopic (exact) mass is 622 g/mol. The van der Waals surface area contributed by atoms with Crippen molar-refractivity contribution in [2.45, 2.75) is 45.0 Å². The summed E-state index contributed by atoms with van der Waals surface area (Å²) in [6, 6.07) is 26.2.